The van der Waals surface area contributed by atoms with Crippen molar-refractivity contribution in [2.24, 2.45) is 0 Å². The summed E-state index contributed by atoms with van der Waals surface area (Å²) in [6, 6.07) is 16.3. The largest absolute Gasteiger partial charge is 0.422 e. The van der Waals surface area contributed by atoms with Crippen molar-refractivity contribution < 1.29 is 9.21 Å². The molecule has 1 amide bonds. The van der Waals surface area contributed by atoms with E-state index in [2.05, 4.69) is 10.3 Å². The van der Waals surface area contributed by atoms with E-state index in [0.29, 0.717) is 11.3 Å². The predicted molar refractivity (Wildman–Crippen MR) is 92.2 cm³/mol. The van der Waals surface area contributed by atoms with Crippen LogP contribution in [0.3, 0.4) is 0 Å². The molecule has 1 N–H and O–H groups in total. The molecule has 0 aliphatic heterocycles. The summed E-state index contributed by atoms with van der Waals surface area (Å²) in [7, 11) is 0. The van der Waals surface area contributed by atoms with Crippen LogP contribution in [0, 0.1) is 0 Å². The molecule has 24 heavy (non-hydrogen) atoms. The number of nitrogens with zero attached hydrogens (tertiary/aromatic N) is 1. The number of pyridine rings is 1. The molecule has 5 heteroatoms. The molecule has 0 fully saturated rings. The second-order valence-corrected chi connectivity index (χ2v) is 5.34. The summed E-state index contributed by atoms with van der Waals surface area (Å²) in [5, 5.41) is 5.31. The van der Waals surface area contributed by atoms with Crippen LogP contribution in [-0.2, 0) is 0 Å². The summed E-state index contributed by atoms with van der Waals surface area (Å²) in [6.45, 7) is 0. The third-order valence-corrected chi connectivity index (χ3v) is 3.81. The van der Waals surface area contributed by atoms with Crippen molar-refractivity contribution in [2.45, 2.75) is 0 Å². The van der Waals surface area contributed by atoms with Gasteiger partial charge >= 0.3 is 5.63 Å². The number of carbonyl (C=O) groups excluding carboxylic acids is 1. The molecule has 2 heterocycles. The van der Waals surface area contributed by atoms with Crippen LogP contribution in [0.2, 0.25) is 0 Å². The molecule has 0 spiro atoms. The van der Waals surface area contributed by atoms with E-state index in [4.69, 9.17) is 4.42 Å². The van der Waals surface area contributed by atoms with Crippen molar-refractivity contribution in [3.63, 3.8) is 0 Å². The summed E-state index contributed by atoms with van der Waals surface area (Å²) < 4.78 is 5.33. The van der Waals surface area contributed by atoms with Gasteiger partial charge in [0.25, 0.3) is 5.91 Å². The molecule has 0 bridgehead atoms. The van der Waals surface area contributed by atoms with E-state index >= 15 is 0 Å². The number of hydrogen-bond acceptors (Lipinski definition) is 4. The fourth-order valence-corrected chi connectivity index (χ4v) is 2.66. The van der Waals surface area contributed by atoms with Crippen LogP contribution in [0.5, 0.6) is 0 Å². The van der Waals surface area contributed by atoms with Crippen molar-refractivity contribution in [2.75, 3.05) is 5.32 Å². The maximum absolute atomic E-state index is 12.4. The number of aromatic nitrogens is 1. The van der Waals surface area contributed by atoms with Gasteiger partial charge in [-0.15, -0.1) is 0 Å². The van der Waals surface area contributed by atoms with Crippen molar-refractivity contribution in [3.8, 4) is 0 Å². The Bertz CT molecular complexity index is 1120. The molecule has 0 aliphatic carbocycles. The van der Waals surface area contributed by atoms with Crippen molar-refractivity contribution in [1.82, 2.24) is 4.98 Å². The van der Waals surface area contributed by atoms with E-state index in [0.717, 1.165) is 16.2 Å². The molecule has 0 aliphatic rings. The minimum atomic E-state index is -0.667. The first-order chi connectivity index (χ1) is 11.7. The third-order valence-electron chi connectivity index (χ3n) is 3.81. The van der Waals surface area contributed by atoms with Crippen molar-refractivity contribution >= 4 is 33.3 Å². The minimum Gasteiger partial charge on any atom is -0.422 e. The molecule has 116 valence electrons. The number of benzene rings is 2. The highest BCUT2D eigenvalue weighted by molar-refractivity contribution is 6.10. The lowest BCUT2D eigenvalue weighted by Gasteiger charge is -2.06. The molecule has 5 nitrogen and oxygen atoms in total. The van der Waals surface area contributed by atoms with E-state index in [1.807, 2.05) is 30.3 Å². The van der Waals surface area contributed by atoms with E-state index in [1.165, 1.54) is 6.20 Å². The zero-order chi connectivity index (χ0) is 16.5. The Morgan fingerprint density at radius 3 is 2.71 bits per heavy atom. The molecule has 4 rings (SSSR count). The van der Waals surface area contributed by atoms with Crippen LogP contribution in [0.25, 0.3) is 21.7 Å². The van der Waals surface area contributed by atoms with Crippen LogP contribution < -0.4 is 10.9 Å². The quantitative estimate of drug-likeness (QED) is 0.453. The summed E-state index contributed by atoms with van der Waals surface area (Å²) in [5.74, 6) is -0.522. The van der Waals surface area contributed by atoms with Crippen LogP contribution in [-0.4, -0.2) is 10.9 Å². The van der Waals surface area contributed by atoms with E-state index < -0.39 is 11.5 Å². The van der Waals surface area contributed by atoms with E-state index in [-0.39, 0.29) is 5.56 Å². The molecule has 4 aromatic rings. The van der Waals surface area contributed by atoms with Gasteiger partial charge in [-0.05, 0) is 35.0 Å². The Morgan fingerprint density at radius 2 is 1.88 bits per heavy atom. The van der Waals surface area contributed by atoms with Gasteiger partial charge in [-0.2, -0.15) is 0 Å². The zero-order valence-corrected chi connectivity index (χ0v) is 12.5. The number of hydrogen-bond donors (Lipinski definition) is 1. The number of carbonyl (C=O) groups is 1. The predicted octanol–water partition coefficient (Wildman–Crippen LogP) is 3.59. The van der Waals surface area contributed by atoms with Crippen LogP contribution >= 0.6 is 0 Å². The molecular formula is C19H12N2O3. The second-order valence-electron chi connectivity index (χ2n) is 5.34. The maximum atomic E-state index is 12.4. The maximum Gasteiger partial charge on any atom is 0.349 e. The summed E-state index contributed by atoms with van der Waals surface area (Å²) in [5.41, 5.74) is 0.262. The standard InChI is InChI=1S/C19H12N2O3/c22-18(21-13-5-3-9-20-11-13)16-10-15-14-6-2-1-4-12(14)7-8-17(15)24-19(16)23/h1-11H,(H,21,22). The van der Waals surface area contributed by atoms with Crippen molar-refractivity contribution in [3.05, 3.63) is 83.0 Å². The van der Waals surface area contributed by atoms with Gasteiger partial charge in [0, 0.05) is 11.6 Å². The minimum absolute atomic E-state index is 0.0392. The van der Waals surface area contributed by atoms with Gasteiger partial charge in [0.15, 0.2) is 0 Å². The van der Waals surface area contributed by atoms with Gasteiger partial charge in [0.05, 0.1) is 11.9 Å². The molecule has 2 aromatic carbocycles. The summed E-state index contributed by atoms with van der Waals surface area (Å²) in [6.07, 6.45) is 3.11. The molecule has 0 radical (unpaired) electrons. The first-order valence-electron chi connectivity index (χ1n) is 7.39. The molecule has 2 aromatic heterocycles. The fraction of sp³-hybridized carbons (Fsp3) is 0. The Labute approximate surface area is 136 Å². The van der Waals surface area contributed by atoms with Gasteiger partial charge in [0.2, 0.25) is 0 Å². The smallest absolute Gasteiger partial charge is 0.349 e. The average Bonchev–Trinajstić information content (AvgIpc) is 2.61. The highest BCUT2D eigenvalue weighted by atomic mass is 16.4. The van der Waals surface area contributed by atoms with Gasteiger partial charge in [-0.25, -0.2) is 4.79 Å². The number of anilines is 1. The lowest BCUT2D eigenvalue weighted by atomic mass is 10.0. The van der Waals surface area contributed by atoms with Crippen LogP contribution in [0.1, 0.15) is 10.4 Å². The molecule has 0 saturated carbocycles. The Morgan fingerprint density at radius 1 is 1.00 bits per heavy atom. The highest BCUT2D eigenvalue weighted by Crippen LogP contribution is 2.25. The lowest BCUT2D eigenvalue weighted by Crippen LogP contribution is -2.20. The average molecular weight is 316 g/mol. The SMILES string of the molecule is O=C(Nc1cccnc1)c1cc2c(ccc3ccccc32)oc1=O. The van der Waals surface area contributed by atoms with Gasteiger partial charge in [-0.1, -0.05) is 30.3 Å². The molecule has 0 unspecified atom stereocenters. The van der Waals surface area contributed by atoms with Gasteiger partial charge < -0.3 is 9.73 Å². The fourth-order valence-electron chi connectivity index (χ4n) is 2.66. The first kappa shape index (κ1) is 14.1. The molecule has 0 atom stereocenters. The number of nitrogens with one attached hydrogen (secondary N) is 1. The zero-order valence-electron chi connectivity index (χ0n) is 12.5. The molecule has 0 saturated heterocycles. The monoisotopic (exact) mass is 316 g/mol. The number of amides is 1. The topological polar surface area (TPSA) is 72.2 Å². The summed E-state index contributed by atoms with van der Waals surface area (Å²) >= 11 is 0. The normalized spacial score (nSPS) is 10.8. The first-order valence-corrected chi connectivity index (χ1v) is 7.39. The highest BCUT2D eigenvalue weighted by Gasteiger charge is 2.15. The Balaban J connectivity index is 1.86. The van der Waals surface area contributed by atoms with Crippen molar-refractivity contribution in [1.29, 1.82) is 0 Å². The van der Waals surface area contributed by atoms with Crippen LogP contribution in [0.4, 0.5) is 5.69 Å². The third kappa shape index (κ3) is 2.42. The van der Waals surface area contributed by atoms with E-state index in [9.17, 15) is 9.59 Å². The second kappa shape index (κ2) is 5.62. The van der Waals surface area contributed by atoms with Gasteiger partial charge in [0.1, 0.15) is 11.1 Å². The lowest BCUT2D eigenvalue weighted by molar-refractivity contribution is 0.102. The van der Waals surface area contributed by atoms with E-state index in [1.54, 1.807) is 30.5 Å². The summed E-state index contributed by atoms with van der Waals surface area (Å²) in [4.78, 5) is 28.5. The number of fused-ring (bicyclic) bond motifs is 3. The number of rotatable bonds is 2. The molecular weight excluding hydrogens is 304 g/mol. The Hall–Kier alpha value is -3.47. The van der Waals surface area contributed by atoms with Gasteiger partial charge in [-0.3, -0.25) is 9.78 Å². The Kier molecular flexibility index (Phi) is 3.31. The van der Waals surface area contributed by atoms with Crippen LogP contribution in [0.15, 0.2) is 76.2 Å².